The van der Waals surface area contributed by atoms with Gasteiger partial charge in [-0.1, -0.05) is 12.1 Å². The van der Waals surface area contributed by atoms with Crippen molar-refractivity contribution in [1.82, 2.24) is 14.5 Å². The minimum atomic E-state index is -0.957. The molecule has 0 aliphatic heterocycles. The van der Waals surface area contributed by atoms with Gasteiger partial charge in [0.15, 0.2) is 5.13 Å². The van der Waals surface area contributed by atoms with Crippen molar-refractivity contribution >= 4 is 22.4 Å². The van der Waals surface area contributed by atoms with Crippen molar-refractivity contribution in [3.8, 4) is 5.69 Å². The Morgan fingerprint density at radius 2 is 2.19 bits per heavy atom. The molecular weight excluding hydrogens is 288 g/mol. The summed E-state index contributed by atoms with van der Waals surface area (Å²) in [5.41, 5.74) is 1.65. The Bertz CT molecular complexity index is 752. The number of rotatable bonds is 5. The van der Waals surface area contributed by atoms with Crippen LogP contribution in [0.5, 0.6) is 0 Å². The molecule has 7 heteroatoms. The zero-order valence-electron chi connectivity index (χ0n) is 10.9. The van der Waals surface area contributed by atoms with Gasteiger partial charge in [0.05, 0.1) is 29.8 Å². The van der Waals surface area contributed by atoms with Gasteiger partial charge < -0.3 is 15.0 Å². The van der Waals surface area contributed by atoms with E-state index in [9.17, 15) is 9.90 Å². The highest BCUT2D eigenvalue weighted by molar-refractivity contribution is 7.13. The van der Waals surface area contributed by atoms with Crippen molar-refractivity contribution < 1.29 is 9.90 Å². The number of anilines is 1. The summed E-state index contributed by atoms with van der Waals surface area (Å²) in [7, 11) is 0. The first-order valence-electron chi connectivity index (χ1n) is 6.23. The predicted octanol–water partition coefficient (Wildman–Crippen LogP) is 2.64. The SMILES string of the molecule is O=C(O)c1ccccc1-n1cnc(CNc2nccs2)c1. The van der Waals surface area contributed by atoms with Crippen LogP contribution in [-0.4, -0.2) is 25.6 Å². The van der Waals surface area contributed by atoms with E-state index in [0.717, 1.165) is 10.8 Å². The quantitative estimate of drug-likeness (QED) is 0.757. The van der Waals surface area contributed by atoms with Gasteiger partial charge in [0.25, 0.3) is 0 Å². The van der Waals surface area contributed by atoms with E-state index >= 15 is 0 Å². The van der Waals surface area contributed by atoms with Crippen molar-refractivity contribution in [3.63, 3.8) is 0 Å². The lowest BCUT2D eigenvalue weighted by molar-refractivity contribution is 0.0697. The van der Waals surface area contributed by atoms with Gasteiger partial charge in [-0.3, -0.25) is 0 Å². The number of carboxylic acids is 1. The zero-order valence-corrected chi connectivity index (χ0v) is 11.7. The summed E-state index contributed by atoms with van der Waals surface area (Å²) in [6, 6.07) is 6.83. The molecule has 0 saturated carbocycles. The summed E-state index contributed by atoms with van der Waals surface area (Å²) in [4.78, 5) is 19.6. The van der Waals surface area contributed by atoms with Crippen LogP contribution in [0, 0.1) is 0 Å². The normalized spacial score (nSPS) is 10.5. The molecule has 0 fully saturated rings. The maximum atomic E-state index is 11.2. The highest BCUT2D eigenvalue weighted by atomic mass is 32.1. The highest BCUT2D eigenvalue weighted by Gasteiger charge is 2.11. The molecule has 3 aromatic rings. The number of para-hydroxylation sites is 1. The van der Waals surface area contributed by atoms with Crippen LogP contribution in [0.1, 0.15) is 16.1 Å². The van der Waals surface area contributed by atoms with E-state index in [2.05, 4.69) is 15.3 Å². The molecule has 3 rings (SSSR count). The summed E-state index contributed by atoms with van der Waals surface area (Å²) in [5.74, 6) is -0.957. The van der Waals surface area contributed by atoms with Crippen LogP contribution in [-0.2, 0) is 6.54 Å². The third kappa shape index (κ3) is 2.92. The fourth-order valence-electron chi connectivity index (χ4n) is 1.94. The van der Waals surface area contributed by atoms with Crippen LogP contribution in [0.2, 0.25) is 0 Å². The van der Waals surface area contributed by atoms with Crippen LogP contribution >= 0.6 is 11.3 Å². The molecular formula is C14H12N4O2S. The predicted molar refractivity (Wildman–Crippen MR) is 80.0 cm³/mol. The summed E-state index contributed by atoms with van der Waals surface area (Å²) in [6.45, 7) is 0.537. The van der Waals surface area contributed by atoms with E-state index in [4.69, 9.17) is 0 Å². The molecule has 2 heterocycles. The second-order valence-corrected chi connectivity index (χ2v) is 5.18. The van der Waals surface area contributed by atoms with E-state index in [0.29, 0.717) is 12.2 Å². The highest BCUT2D eigenvalue weighted by Crippen LogP contribution is 2.16. The number of aromatic carboxylic acids is 1. The number of carboxylic acid groups (broad SMARTS) is 1. The van der Waals surface area contributed by atoms with Crippen LogP contribution in [0.25, 0.3) is 5.69 Å². The Morgan fingerprint density at radius 1 is 1.33 bits per heavy atom. The second kappa shape index (κ2) is 5.76. The Balaban J connectivity index is 1.80. The lowest BCUT2D eigenvalue weighted by Crippen LogP contribution is -2.04. The molecule has 0 spiro atoms. The molecule has 0 atom stereocenters. The number of benzene rings is 1. The summed E-state index contributed by atoms with van der Waals surface area (Å²) < 4.78 is 1.71. The lowest BCUT2D eigenvalue weighted by atomic mass is 10.2. The van der Waals surface area contributed by atoms with E-state index in [-0.39, 0.29) is 5.56 Å². The Morgan fingerprint density at radius 3 is 2.95 bits per heavy atom. The fraction of sp³-hybridized carbons (Fsp3) is 0.0714. The van der Waals surface area contributed by atoms with Crippen LogP contribution < -0.4 is 5.32 Å². The number of nitrogens with zero attached hydrogens (tertiary/aromatic N) is 3. The van der Waals surface area contributed by atoms with E-state index < -0.39 is 5.97 Å². The van der Waals surface area contributed by atoms with Crippen molar-refractivity contribution in [3.05, 3.63) is 59.6 Å². The first-order valence-corrected chi connectivity index (χ1v) is 7.11. The van der Waals surface area contributed by atoms with Crippen LogP contribution in [0.3, 0.4) is 0 Å². The maximum absolute atomic E-state index is 11.2. The molecule has 106 valence electrons. The average Bonchev–Trinajstić information content (AvgIpc) is 3.16. The van der Waals surface area contributed by atoms with Gasteiger partial charge in [0.2, 0.25) is 0 Å². The number of thiazole rings is 1. The smallest absolute Gasteiger partial charge is 0.337 e. The summed E-state index contributed by atoms with van der Waals surface area (Å²) in [6.07, 6.45) is 5.15. The minimum absolute atomic E-state index is 0.245. The number of hydrogen-bond acceptors (Lipinski definition) is 5. The van der Waals surface area contributed by atoms with Crippen molar-refractivity contribution in [2.75, 3.05) is 5.32 Å². The van der Waals surface area contributed by atoms with E-state index in [1.54, 1.807) is 41.4 Å². The third-order valence-corrected chi connectivity index (χ3v) is 3.63. The Labute approximate surface area is 124 Å². The zero-order chi connectivity index (χ0) is 14.7. The van der Waals surface area contributed by atoms with Gasteiger partial charge in [-0.05, 0) is 12.1 Å². The number of hydrogen-bond donors (Lipinski definition) is 2. The van der Waals surface area contributed by atoms with Gasteiger partial charge >= 0.3 is 5.97 Å². The van der Waals surface area contributed by atoms with Crippen molar-refractivity contribution in [1.29, 1.82) is 0 Å². The number of imidazole rings is 1. The van der Waals surface area contributed by atoms with E-state index in [1.165, 1.54) is 11.3 Å². The molecule has 1 aromatic carbocycles. The molecule has 21 heavy (non-hydrogen) atoms. The van der Waals surface area contributed by atoms with E-state index in [1.807, 2.05) is 11.6 Å². The molecule has 0 bridgehead atoms. The monoisotopic (exact) mass is 300 g/mol. The van der Waals surface area contributed by atoms with Crippen LogP contribution in [0.15, 0.2) is 48.4 Å². The summed E-state index contributed by atoms with van der Waals surface area (Å²) >= 11 is 1.52. The number of aromatic nitrogens is 3. The maximum Gasteiger partial charge on any atom is 0.337 e. The van der Waals surface area contributed by atoms with Gasteiger partial charge in [-0.2, -0.15) is 0 Å². The molecule has 2 aromatic heterocycles. The molecule has 6 nitrogen and oxygen atoms in total. The molecule has 0 unspecified atom stereocenters. The van der Waals surface area contributed by atoms with Gasteiger partial charge in [-0.25, -0.2) is 14.8 Å². The first kappa shape index (κ1) is 13.3. The number of nitrogens with one attached hydrogen (secondary N) is 1. The number of carbonyl (C=O) groups is 1. The van der Waals surface area contributed by atoms with Gasteiger partial charge in [0.1, 0.15) is 0 Å². The topological polar surface area (TPSA) is 80.0 Å². The third-order valence-electron chi connectivity index (χ3n) is 2.90. The summed E-state index contributed by atoms with van der Waals surface area (Å²) in [5, 5.41) is 15.1. The molecule has 0 aliphatic carbocycles. The van der Waals surface area contributed by atoms with Gasteiger partial charge in [0, 0.05) is 17.8 Å². The minimum Gasteiger partial charge on any atom is -0.478 e. The molecule has 0 saturated heterocycles. The largest absolute Gasteiger partial charge is 0.478 e. The van der Waals surface area contributed by atoms with Gasteiger partial charge in [-0.15, -0.1) is 11.3 Å². The lowest BCUT2D eigenvalue weighted by Gasteiger charge is -2.05. The molecule has 0 radical (unpaired) electrons. The Hall–Kier alpha value is -2.67. The van der Waals surface area contributed by atoms with Crippen LogP contribution in [0.4, 0.5) is 5.13 Å². The molecule has 0 amide bonds. The Kier molecular flexibility index (Phi) is 3.65. The first-order chi connectivity index (χ1) is 10.2. The standard InChI is InChI=1S/C14H12N4O2S/c19-13(20)11-3-1-2-4-12(11)18-8-10(17-9-18)7-16-14-15-5-6-21-14/h1-6,8-9H,7H2,(H,15,16)(H,19,20). The molecule has 0 aliphatic rings. The van der Waals surface area contributed by atoms with Crippen molar-refractivity contribution in [2.45, 2.75) is 6.54 Å². The fourth-order valence-corrected chi connectivity index (χ4v) is 2.47. The average molecular weight is 300 g/mol. The van der Waals surface area contributed by atoms with Crippen molar-refractivity contribution in [2.24, 2.45) is 0 Å². The molecule has 2 N–H and O–H groups in total. The second-order valence-electron chi connectivity index (χ2n) is 4.29.